The molecule has 10 heteroatoms. The van der Waals surface area contributed by atoms with Gasteiger partial charge in [-0.15, -0.1) is 0 Å². The number of aryl methyl sites for hydroxylation is 1. The summed E-state index contributed by atoms with van der Waals surface area (Å²) in [7, 11) is 1.72. The average Bonchev–Trinajstić information content (AvgIpc) is 3.27. The maximum atomic E-state index is 13.3. The average molecular weight is 529 g/mol. The molecule has 0 bridgehead atoms. The van der Waals surface area contributed by atoms with Gasteiger partial charge < -0.3 is 15.7 Å². The Morgan fingerprint density at radius 1 is 1.05 bits per heavy atom. The largest absolute Gasteiger partial charge is 0.388 e. The zero-order valence-corrected chi connectivity index (χ0v) is 22.1. The van der Waals surface area contributed by atoms with Crippen molar-refractivity contribution < 1.29 is 14.7 Å². The highest BCUT2D eigenvalue weighted by atomic mass is 16.3. The molecule has 0 spiro atoms. The number of piperidine rings is 1. The van der Waals surface area contributed by atoms with Crippen molar-refractivity contribution in [2.45, 2.75) is 44.2 Å². The number of likely N-dealkylation sites (tertiary alicyclic amines) is 1. The highest BCUT2D eigenvalue weighted by Crippen LogP contribution is 2.28. The first-order valence-electron chi connectivity index (χ1n) is 13.0. The molecule has 4 aromatic rings. The van der Waals surface area contributed by atoms with Gasteiger partial charge in [0, 0.05) is 37.7 Å². The topological polar surface area (TPSA) is 136 Å². The Morgan fingerprint density at radius 3 is 2.36 bits per heavy atom. The van der Waals surface area contributed by atoms with Crippen molar-refractivity contribution >= 4 is 22.8 Å². The van der Waals surface area contributed by atoms with E-state index in [9.17, 15) is 19.5 Å². The minimum absolute atomic E-state index is 0.0659. The fraction of sp³-hybridized carbons (Fsp3) is 0.345. The Labute approximate surface area is 225 Å². The number of amides is 2. The number of carbonyl (C=O) groups is 2. The zero-order chi connectivity index (χ0) is 27.7. The fourth-order valence-electron chi connectivity index (χ4n) is 5.26. The third kappa shape index (κ3) is 5.33. The number of hydrogen-bond acceptors (Lipinski definition) is 6. The van der Waals surface area contributed by atoms with E-state index in [1.807, 2.05) is 37.3 Å². The van der Waals surface area contributed by atoms with Crippen LogP contribution in [0.2, 0.25) is 0 Å². The van der Waals surface area contributed by atoms with Crippen LogP contribution in [0.15, 0.2) is 65.7 Å². The summed E-state index contributed by atoms with van der Waals surface area (Å²) in [5.74, 6) is -0.342. The van der Waals surface area contributed by atoms with Crippen molar-refractivity contribution in [1.82, 2.24) is 24.2 Å². The first-order chi connectivity index (χ1) is 18.6. The Morgan fingerprint density at radius 2 is 1.72 bits per heavy atom. The number of primary amides is 1. The van der Waals surface area contributed by atoms with Crippen LogP contribution in [0.1, 0.15) is 48.0 Å². The number of nitrogens with two attached hydrogens (primary N) is 1. The van der Waals surface area contributed by atoms with E-state index in [1.165, 1.54) is 10.9 Å². The molecule has 202 valence electrons. The lowest BCUT2D eigenvalue weighted by Crippen LogP contribution is -2.49. The molecule has 0 saturated carbocycles. The van der Waals surface area contributed by atoms with Gasteiger partial charge in [-0.2, -0.15) is 5.10 Å². The summed E-state index contributed by atoms with van der Waals surface area (Å²) < 4.78 is 2.97. The highest BCUT2D eigenvalue weighted by Gasteiger charge is 2.35. The monoisotopic (exact) mass is 528 g/mol. The van der Waals surface area contributed by atoms with E-state index >= 15 is 0 Å². The predicted molar refractivity (Wildman–Crippen MR) is 147 cm³/mol. The van der Waals surface area contributed by atoms with Crippen molar-refractivity contribution in [3.63, 3.8) is 0 Å². The van der Waals surface area contributed by atoms with Crippen molar-refractivity contribution in [3.05, 3.63) is 82.4 Å². The van der Waals surface area contributed by atoms with Crippen LogP contribution < -0.4 is 11.3 Å². The number of fused-ring (bicyclic) bond motifs is 1. The Hall–Kier alpha value is -4.31. The van der Waals surface area contributed by atoms with Gasteiger partial charge in [-0.05, 0) is 36.5 Å². The molecule has 1 unspecified atom stereocenters. The molecule has 0 aliphatic carbocycles. The molecule has 2 aromatic heterocycles. The molecule has 1 aliphatic heterocycles. The summed E-state index contributed by atoms with van der Waals surface area (Å²) in [6.45, 7) is 2.96. The molecule has 10 nitrogen and oxygen atoms in total. The van der Waals surface area contributed by atoms with Crippen LogP contribution in [0, 0.1) is 0 Å². The van der Waals surface area contributed by atoms with Gasteiger partial charge in [-0.3, -0.25) is 23.6 Å². The lowest BCUT2D eigenvalue weighted by atomic mass is 9.90. The molecule has 0 radical (unpaired) electrons. The fourth-order valence-corrected chi connectivity index (χ4v) is 5.26. The number of carbonyl (C=O) groups excluding carboxylic acids is 2. The lowest BCUT2D eigenvalue weighted by molar-refractivity contribution is -0.136. The molecule has 3 heterocycles. The van der Waals surface area contributed by atoms with E-state index in [0.717, 1.165) is 11.1 Å². The minimum atomic E-state index is -1.14. The van der Waals surface area contributed by atoms with Crippen LogP contribution in [0.5, 0.6) is 0 Å². The van der Waals surface area contributed by atoms with E-state index in [1.54, 1.807) is 40.9 Å². The SMILES string of the molecule is CC(CC(=O)N1CCC(O)(Cn2cnc3c(-c4ccc(C(N)=O)cc4)n(C)nc3c2=O)CC1)c1ccccc1. The van der Waals surface area contributed by atoms with Crippen molar-refractivity contribution in [3.8, 4) is 11.3 Å². The lowest BCUT2D eigenvalue weighted by Gasteiger charge is -2.38. The predicted octanol–water partition coefficient (Wildman–Crippen LogP) is 2.44. The molecule has 1 fully saturated rings. The van der Waals surface area contributed by atoms with E-state index in [-0.39, 0.29) is 29.4 Å². The van der Waals surface area contributed by atoms with Crippen LogP contribution in [0.25, 0.3) is 22.3 Å². The third-order valence-electron chi connectivity index (χ3n) is 7.62. The standard InChI is InChI=1S/C29H32N6O4/c1-19(20-6-4-3-5-7-20)16-23(36)34-14-12-29(39,13-15-34)17-35-18-31-24-25(28(35)38)32-33(2)26(24)21-8-10-22(11-9-21)27(30)37/h3-11,18-19,39H,12-17H2,1-2H3,(H2,30,37). The van der Waals surface area contributed by atoms with Gasteiger partial charge in [-0.25, -0.2) is 4.98 Å². The molecule has 3 N–H and O–H groups in total. The number of benzene rings is 2. The molecule has 1 aliphatic rings. The second-order valence-electron chi connectivity index (χ2n) is 10.4. The van der Waals surface area contributed by atoms with Gasteiger partial charge >= 0.3 is 0 Å². The molecule has 1 atom stereocenters. The maximum Gasteiger partial charge on any atom is 0.281 e. The second kappa shape index (κ2) is 10.5. The van der Waals surface area contributed by atoms with Crippen LogP contribution in [0.4, 0.5) is 0 Å². The molecule has 2 amide bonds. The van der Waals surface area contributed by atoms with Crippen LogP contribution in [-0.4, -0.2) is 59.8 Å². The summed E-state index contributed by atoms with van der Waals surface area (Å²) in [5.41, 5.74) is 7.37. The van der Waals surface area contributed by atoms with Crippen LogP contribution in [-0.2, 0) is 18.4 Å². The summed E-state index contributed by atoms with van der Waals surface area (Å²) in [4.78, 5) is 43.9. The Balaban J connectivity index is 1.28. The van der Waals surface area contributed by atoms with Gasteiger partial charge in [0.05, 0.1) is 24.2 Å². The normalized spacial score (nSPS) is 15.8. The van der Waals surface area contributed by atoms with Gasteiger partial charge in [0.15, 0.2) is 5.52 Å². The second-order valence-corrected chi connectivity index (χ2v) is 10.4. The summed E-state index contributed by atoms with van der Waals surface area (Å²) in [6.07, 6.45) is 2.58. The van der Waals surface area contributed by atoms with Gasteiger partial charge in [-0.1, -0.05) is 49.4 Å². The van der Waals surface area contributed by atoms with E-state index < -0.39 is 11.5 Å². The molecular formula is C29H32N6O4. The molecule has 1 saturated heterocycles. The van der Waals surface area contributed by atoms with Crippen LogP contribution >= 0.6 is 0 Å². The summed E-state index contributed by atoms with van der Waals surface area (Å²) in [6, 6.07) is 16.7. The smallest absolute Gasteiger partial charge is 0.281 e. The van der Waals surface area contributed by atoms with Crippen molar-refractivity contribution in [2.24, 2.45) is 12.8 Å². The van der Waals surface area contributed by atoms with E-state index in [2.05, 4.69) is 10.1 Å². The number of hydrogen-bond donors (Lipinski definition) is 2. The Kier molecular flexibility index (Phi) is 7.05. The number of aliphatic hydroxyl groups is 1. The quantitative estimate of drug-likeness (QED) is 0.378. The van der Waals surface area contributed by atoms with Gasteiger partial charge in [0.25, 0.3) is 5.56 Å². The molecular weight excluding hydrogens is 496 g/mol. The van der Waals surface area contributed by atoms with Crippen molar-refractivity contribution in [1.29, 1.82) is 0 Å². The Bertz CT molecular complexity index is 1570. The van der Waals surface area contributed by atoms with Crippen LogP contribution in [0.3, 0.4) is 0 Å². The third-order valence-corrected chi connectivity index (χ3v) is 7.62. The first-order valence-corrected chi connectivity index (χ1v) is 13.0. The summed E-state index contributed by atoms with van der Waals surface area (Å²) >= 11 is 0. The van der Waals surface area contributed by atoms with E-state index in [4.69, 9.17) is 5.73 Å². The first kappa shape index (κ1) is 26.3. The van der Waals surface area contributed by atoms with Crippen molar-refractivity contribution in [2.75, 3.05) is 13.1 Å². The molecule has 5 rings (SSSR count). The maximum absolute atomic E-state index is 13.3. The number of nitrogens with zero attached hydrogens (tertiary/aromatic N) is 5. The molecule has 2 aromatic carbocycles. The highest BCUT2D eigenvalue weighted by molar-refractivity contribution is 5.94. The zero-order valence-electron chi connectivity index (χ0n) is 22.1. The van der Waals surface area contributed by atoms with E-state index in [0.29, 0.717) is 49.1 Å². The number of aromatic nitrogens is 4. The molecule has 39 heavy (non-hydrogen) atoms. The minimum Gasteiger partial charge on any atom is -0.388 e. The van der Waals surface area contributed by atoms with Gasteiger partial charge in [0.1, 0.15) is 5.52 Å². The number of rotatable bonds is 7. The van der Waals surface area contributed by atoms with Gasteiger partial charge in [0.2, 0.25) is 11.8 Å². The summed E-state index contributed by atoms with van der Waals surface area (Å²) in [5, 5.41) is 15.7.